The predicted molar refractivity (Wildman–Crippen MR) is 237 cm³/mol. The van der Waals surface area contributed by atoms with Gasteiger partial charge in [0.2, 0.25) is 0 Å². The molecule has 4 N–H and O–H groups in total. The van der Waals surface area contributed by atoms with Gasteiger partial charge >= 0.3 is 0 Å². The average Bonchev–Trinajstić information content (AvgIpc) is 3.32. The quantitative estimate of drug-likeness (QED) is 0.107. The van der Waals surface area contributed by atoms with E-state index >= 15 is 0 Å². The van der Waals surface area contributed by atoms with Gasteiger partial charge in [-0.3, -0.25) is 19.9 Å². The van der Waals surface area contributed by atoms with Crippen LogP contribution in [0.3, 0.4) is 0 Å². The second kappa shape index (κ2) is 18.4. The molecule has 16 heteroatoms. The van der Waals surface area contributed by atoms with Gasteiger partial charge in [0.15, 0.2) is 0 Å². The number of fused-ring (bicyclic) bond motifs is 8. The molecule has 8 bridgehead atoms. The van der Waals surface area contributed by atoms with Crippen molar-refractivity contribution < 1.29 is 20.4 Å². The zero-order valence-electron chi connectivity index (χ0n) is 33.8. The molecule has 0 saturated carbocycles. The zero-order valence-corrected chi connectivity index (χ0v) is 33.8. The van der Waals surface area contributed by atoms with Crippen LogP contribution >= 0.6 is 0 Å². The Hall–Kier alpha value is -8.92. The molecule has 0 saturated heterocycles. The fourth-order valence-corrected chi connectivity index (χ4v) is 7.20. The lowest BCUT2D eigenvalue weighted by Gasteiger charge is -2.18. The monoisotopic (exact) mass is 844 g/mol. The molecule has 4 heterocycles. The van der Waals surface area contributed by atoms with Crippen LogP contribution in [-0.4, -0.2) is 40.4 Å². The average molecular weight is 845 g/mol. The molecule has 8 aromatic rings. The Morgan fingerprint density at radius 1 is 0.281 bits per heavy atom. The predicted octanol–water partition coefficient (Wildman–Crippen LogP) is 12.4. The minimum absolute atomic E-state index is 0.0153. The lowest BCUT2D eigenvalue weighted by molar-refractivity contribution is 0.450. The first-order chi connectivity index (χ1) is 31.3. The van der Waals surface area contributed by atoms with Gasteiger partial charge in [0.05, 0.1) is 46.0 Å². The molecule has 0 atom stereocenters. The summed E-state index contributed by atoms with van der Waals surface area (Å²) in [7, 11) is 0. The molecule has 1 aliphatic rings. The number of phenolic OH excluding ortho intramolecular Hbond substituents is 4. The van der Waals surface area contributed by atoms with E-state index in [4.69, 9.17) is 0 Å². The van der Waals surface area contributed by atoms with Gasteiger partial charge in [0.25, 0.3) is 0 Å². The number of phenols is 4. The van der Waals surface area contributed by atoms with Crippen molar-refractivity contribution in [2.75, 3.05) is 0 Å². The second-order valence-electron chi connectivity index (χ2n) is 14.8. The van der Waals surface area contributed by atoms with E-state index in [2.05, 4.69) is 60.8 Å². The van der Waals surface area contributed by atoms with Crippen LogP contribution in [0.2, 0.25) is 0 Å². The Morgan fingerprint density at radius 2 is 0.531 bits per heavy atom. The molecule has 0 aliphatic heterocycles. The van der Waals surface area contributed by atoms with Gasteiger partial charge in [-0.1, -0.05) is 0 Å². The van der Waals surface area contributed by atoms with Gasteiger partial charge in [-0.2, -0.15) is 35.8 Å². The van der Waals surface area contributed by atoms with Crippen molar-refractivity contribution in [2.24, 2.45) is 40.9 Å². The van der Waals surface area contributed by atoms with E-state index in [1.54, 1.807) is 147 Å². The molecular weight excluding hydrogens is 809 g/mol. The van der Waals surface area contributed by atoms with Crippen LogP contribution in [0.4, 0.5) is 45.5 Å². The third-order valence-electron chi connectivity index (χ3n) is 10.3. The maximum Gasteiger partial charge on any atom is 0.122 e. The van der Waals surface area contributed by atoms with Gasteiger partial charge in [0.1, 0.15) is 28.7 Å². The Labute approximate surface area is 365 Å². The van der Waals surface area contributed by atoms with Crippen LogP contribution < -0.4 is 0 Å². The Kier molecular flexibility index (Phi) is 11.6. The lowest BCUT2D eigenvalue weighted by Crippen LogP contribution is -2.01. The van der Waals surface area contributed by atoms with E-state index in [1.807, 2.05) is 0 Å². The number of aromatic nitrogens is 4. The zero-order chi connectivity index (χ0) is 43.8. The number of pyridine rings is 4. The Morgan fingerprint density at radius 3 is 0.781 bits per heavy atom. The van der Waals surface area contributed by atoms with Crippen LogP contribution in [0, 0.1) is 0 Å². The van der Waals surface area contributed by atoms with Crippen molar-refractivity contribution in [3.63, 3.8) is 0 Å². The highest BCUT2D eigenvalue weighted by molar-refractivity contribution is 5.64. The smallest absolute Gasteiger partial charge is 0.122 e. The van der Waals surface area contributed by atoms with E-state index in [-0.39, 0.29) is 48.7 Å². The van der Waals surface area contributed by atoms with E-state index < -0.39 is 0 Å². The summed E-state index contributed by atoms with van der Waals surface area (Å²) >= 11 is 0. The van der Waals surface area contributed by atoms with E-state index in [1.165, 1.54) is 0 Å². The summed E-state index contributed by atoms with van der Waals surface area (Å²) in [6.07, 6.45) is 12.9. The van der Waals surface area contributed by atoms with Crippen molar-refractivity contribution in [2.45, 2.75) is 25.7 Å². The number of rotatable bonds is 8. The van der Waals surface area contributed by atoms with Crippen molar-refractivity contribution in [1.29, 1.82) is 0 Å². The third kappa shape index (κ3) is 9.50. The topological polar surface area (TPSA) is 231 Å². The standard InChI is InChI=1S/C48H36N12O4/c61-45-29-16-31-22-42(58-54-38-5-12-50-13-6-38)24-33(46(31)62)18-35-26-44(60-56-40-2-1-9-52-28-40)27-36(48(35)64)19-34-25-43(59-55-39-7-14-51-15-8-39)23-32(47(34)63)17-30(45)21-41(20-29)57-53-37-3-10-49-11-4-37/h1-15,20-28,61-64H,16-19H2. The lowest BCUT2D eigenvalue weighted by atomic mass is 9.90. The molecule has 312 valence electrons. The summed E-state index contributed by atoms with van der Waals surface area (Å²) in [6.45, 7) is 0. The summed E-state index contributed by atoms with van der Waals surface area (Å²) in [4.78, 5) is 16.3. The van der Waals surface area contributed by atoms with Gasteiger partial charge in [0, 0.05) is 114 Å². The van der Waals surface area contributed by atoms with Crippen molar-refractivity contribution in [3.8, 4) is 23.0 Å². The molecule has 1 aliphatic carbocycles. The molecule has 4 aromatic heterocycles. The summed E-state index contributed by atoms with van der Waals surface area (Å²) in [5.74, 6) is -0.296. The molecule has 0 spiro atoms. The fraction of sp³-hybridized carbons (Fsp3) is 0.0833. The number of hydrogen-bond acceptors (Lipinski definition) is 16. The third-order valence-corrected chi connectivity index (χ3v) is 10.3. The summed E-state index contributed by atoms with van der Waals surface area (Å²) in [6, 6.07) is 27.3. The molecule has 0 fully saturated rings. The van der Waals surface area contributed by atoms with Crippen molar-refractivity contribution >= 4 is 45.5 Å². The second-order valence-corrected chi connectivity index (χ2v) is 14.8. The maximum atomic E-state index is 12.1. The van der Waals surface area contributed by atoms with Gasteiger partial charge in [-0.15, -0.1) is 5.11 Å². The normalized spacial score (nSPS) is 12.8. The molecule has 0 radical (unpaired) electrons. The number of benzene rings is 4. The summed E-state index contributed by atoms with van der Waals surface area (Å²) in [5, 5.41) is 83.9. The van der Waals surface area contributed by atoms with E-state index in [9.17, 15) is 20.4 Å². The first-order valence-corrected chi connectivity index (χ1v) is 20.0. The number of aromatic hydroxyl groups is 4. The van der Waals surface area contributed by atoms with Gasteiger partial charge in [-0.05, 0) is 97.1 Å². The minimum atomic E-state index is -0.0750. The molecule has 64 heavy (non-hydrogen) atoms. The number of nitrogens with zero attached hydrogens (tertiary/aromatic N) is 12. The number of azo groups is 4. The first-order valence-electron chi connectivity index (χ1n) is 20.0. The Bertz CT molecular complexity index is 2580. The summed E-state index contributed by atoms with van der Waals surface area (Å²) < 4.78 is 0. The highest BCUT2D eigenvalue weighted by Crippen LogP contribution is 2.43. The maximum absolute atomic E-state index is 12.1. The molecule has 4 aromatic carbocycles. The minimum Gasteiger partial charge on any atom is -0.507 e. The molecule has 0 unspecified atom stereocenters. The van der Waals surface area contributed by atoms with Crippen LogP contribution in [0.5, 0.6) is 23.0 Å². The van der Waals surface area contributed by atoms with Crippen LogP contribution in [0.1, 0.15) is 44.5 Å². The molecule has 9 rings (SSSR count). The summed E-state index contributed by atoms with van der Waals surface area (Å²) in [5.41, 5.74) is 7.14. The fourth-order valence-electron chi connectivity index (χ4n) is 7.20. The molecule has 0 amide bonds. The highest BCUT2D eigenvalue weighted by atomic mass is 16.3. The Balaban J connectivity index is 1.24. The molecular formula is C48H36N12O4. The molecule has 16 nitrogen and oxygen atoms in total. The van der Waals surface area contributed by atoms with Crippen LogP contribution in [-0.2, 0) is 25.7 Å². The first kappa shape index (κ1) is 40.5. The number of hydrogen-bond donors (Lipinski definition) is 4. The van der Waals surface area contributed by atoms with Crippen molar-refractivity contribution in [1.82, 2.24) is 19.9 Å². The van der Waals surface area contributed by atoms with Gasteiger partial charge < -0.3 is 20.4 Å². The van der Waals surface area contributed by atoms with Crippen LogP contribution in [0.25, 0.3) is 0 Å². The van der Waals surface area contributed by atoms with Gasteiger partial charge in [-0.25, -0.2) is 0 Å². The van der Waals surface area contributed by atoms with E-state index in [0.717, 1.165) is 0 Å². The largest absolute Gasteiger partial charge is 0.507 e. The van der Waals surface area contributed by atoms with E-state index in [0.29, 0.717) is 90.0 Å². The van der Waals surface area contributed by atoms with Crippen molar-refractivity contribution in [3.05, 3.63) is 191 Å². The highest BCUT2D eigenvalue weighted by Gasteiger charge is 2.22. The SMILES string of the molecule is Oc1c2cc(N=Nc3ccncc3)cc1Cc1cc(N=Nc3ccncc3)cc(c1O)Cc1cc(N=Nc3cccnc3)cc(c1O)Cc1cc(N=Nc3ccncc3)cc(c1O)C2. The van der Waals surface area contributed by atoms with Crippen LogP contribution in [0.15, 0.2) is 188 Å².